The Labute approximate surface area is 184 Å². The molecule has 0 atom stereocenters. The summed E-state index contributed by atoms with van der Waals surface area (Å²) in [6.45, 7) is 18.4. The second-order valence-corrected chi connectivity index (χ2v) is 22.4. The van der Waals surface area contributed by atoms with Gasteiger partial charge in [-0.05, 0) is 24.3 Å². The highest BCUT2D eigenvalue weighted by molar-refractivity contribution is 7.86. The van der Waals surface area contributed by atoms with Crippen LogP contribution in [0.4, 0.5) is 0 Å². The summed E-state index contributed by atoms with van der Waals surface area (Å²) in [5.41, 5.74) is 0. The highest BCUT2D eigenvalue weighted by Gasteiger charge is 2.03. The highest BCUT2D eigenvalue weighted by atomic mass is 32.2. The molecule has 2 rings (SSSR count). The summed E-state index contributed by atoms with van der Waals surface area (Å²) in [4.78, 5) is -0.370. The van der Waals surface area contributed by atoms with Crippen LogP contribution in [0.3, 0.4) is 0 Å². The van der Waals surface area contributed by atoms with Crippen molar-refractivity contribution in [1.29, 1.82) is 0 Å². The van der Waals surface area contributed by atoms with Crippen LogP contribution < -0.4 is 0 Å². The average molecular weight is 497 g/mol. The molecule has 172 valence electrons. The lowest BCUT2D eigenvalue weighted by atomic mass is 10.4. The quantitative estimate of drug-likeness (QED) is 0.454. The van der Waals surface area contributed by atoms with Crippen molar-refractivity contribution < 1.29 is 25.9 Å². The summed E-state index contributed by atoms with van der Waals surface area (Å²) in [6, 6.07) is 14.4. The molecule has 2 aromatic carbocycles. The minimum atomic E-state index is -4.25. The van der Waals surface area contributed by atoms with E-state index < -0.39 is 20.2 Å². The van der Waals surface area contributed by atoms with Gasteiger partial charge in [-0.3, -0.25) is 0 Å². The lowest BCUT2D eigenvalue weighted by molar-refractivity contribution is 0.461. The molecule has 0 heterocycles. The first-order chi connectivity index (χ1) is 13.2. The van der Waals surface area contributed by atoms with Gasteiger partial charge in [0, 0.05) is 67.8 Å². The maximum Gasteiger partial charge on any atom is 0.124 e. The van der Waals surface area contributed by atoms with Gasteiger partial charge in [0.2, 0.25) is 0 Å². The third kappa shape index (κ3) is 25.2. The number of rotatable bonds is 2. The Hall–Kier alpha value is -0.880. The van der Waals surface area contributed by atoms with E-state index in [1.54, 1.807) is 12.1 Å². The summed E-state index contributed by atoms with van der Waals surface area (Å²) in [5, 5.41) is 0. The van der Waals surface area contributed by atoms with Crippen LogP contribution in [0.1, 0.15) is 0 Å². The van der Waals surface area contributed by atoms with Gasteiger partial charge < -0.3 is 9.11 Å². The lowest BCUT2D eigenvalue weighted by Crippen LogP contribution is -1.96. The Morgan fingerprint density at radius 1 is 0.500 bits per heavy atom. The molecule has 0 radical (unpaired) electrons. The molecule has 0 aromatic heterocycles. The molecule has 6 nitrogen and oxygen atoms in total. The normalized spacial score (nSPS) is 11.5. The molecule has 10 heteroatoms. The van der Waals surface area contributed by atoms with Gasteiger partial charge in [-0.1, -0.05) is 36.4 Å². The average Bonchev–Trinajstić information content (AvgIpc) is 2.52. The lowest BCUT2D eigenvalue weighted by Gasteiger charge is -2.04. The SMILES string of the molecule is C[P+](C)(C)C.C[P+](C)(C)C.O=S(=O)([O-])c1ccccc1.O=S(=O)([O-])c1ccccc1. The van der Waals surface area contributed by atoms with E-state index in [0.717, 1.165) is 0 Å². The van der Waals surface area contributed by atoms with E-state index in [-0.39, 0.29) is 24.3 Å². The molecule has 0 aliphatic carbocycles. The molecular weight excluding hydrogens is 462 g/mol. The van der Waals surface area contributed by atoms with Gasteiger partial charge in [-0.15, -0.1) is 0 Å². The monoisotopic (exact) mass is 496 g/mol. The molecule has 2 aromatic rings. The van der Waals surface area contributed by atoms with Crippen molar-refractivity contribution in [3.05, 3.63) is 60.7 Å². The minimum absolute atomic E-state index is 0.185. The molecule has 0 amide bonds. The van der Waals surface area contributed by atoms with Crippen LogP contribution in [0.5, 0.6) is 0 Å². The predicted octanol–water partition coefficient (Wildman–Crippen LogP) is 4.23. The van der Waals surface area contributed by atoms with E-state index in [9.17, 15) is 25.9 Å². The molecule has 30 heavy (non-hydrogen) atoms. The maximum atomic E-state index is 10.3. The molecule has 0 saturated heterocycles. The van der Waals surface area contributed by atoms with Crippen LogP contribution in [0, 0.1) is 0 Å². The molecular formula is C20H34O6P2S2. The molecule has 0 aliphatic rings. The largest absolute Gasteiger partial charge is 0.744 e. The van der Waals surface area contributed by atoms with Crippen molar-refractivity contribution in [2.75, 3.05) is 53.3 Å². The second-order valence-electron chi connectivity index (χ2n) is 8.90. The summed E-state index contributed by atoms with van der Waals surface area (Å²) in [6.07, 6.45) is 0. The third-order valence-corrected chi connectivity index (χ3v) is 3.76. The Kier molecular flexibility index (Phi) is 14.1. The van der Waals surface area contributed by atoms with E-state index in [1.165, 1.54) is 48.5 Å². The van der Waals surface area contributed by atoms with E-state index in [4.69, 9.17) is 0 Å². The second kappa shape index (κ2) is 13.5. The van der Waals surface area contributed by atoms with Crippen LogP contribution >= 0.6 is 14.5 Å². The van der Waals surface area contributed by atoms with Crippen molar-refractivity contribution in [2.45, 2.75) is 9.79 Å². The van der Waals surface area contributed by atoms with Gasteiger partial charge >= 0.3 is 0 Å². The van der Waals surface area contributed by atoms with Gasteiger partial charge in [0.25, 0.3) is 0 Å². The van der Waals surface area contributed by atoms with Crippen LogP contribution in [-0.4, -0.2) is 79.3 Å². The Morgan fingerprint density at radius 3 is 0.767 bits per heavy atom. The molecule has 0 spiro atoms. The van der Waals surface area contributed by atoms with E-state index in [0.29, 0.717) is 0 Å². The Bertz CT molecular complexity index is 825. The topological polar surface area (TPSA) is 114 Å². The van der Waals surface area contributed by atoms with Gasteiger partial charge in [0.15, 0.2) is 0 Å². The standard InChI is InChI=1S/2C6H6O3S.2C4H12P/c2*7-10(8,9)6-4-2-1-3-5-6;2*1-5(2,3)4/h2*1-5H,(H,7,8,9);2*1-4H3/q;;2*+1/p-2. The summed E-state index contributed by atoms with van der Waals surface area (Å²) < 4.78 is 61.7. The summed E-state index contributed by atoms with van der Waals surface area (Å²) >= 11 is 0. The first kappa shape index (κ1) is 31.3. The Balaban J connectivity index is 0. The fourth-order valence-electron chi connectivity index (χ4n) is 1.17. The third-order valence-electron chi connectivity index (χ3n) is 2.06. The van der Waals surface area contributed by atoms with Gasteiger partial charge in [0.05, 0.1) is 9.79 Å². The predicted molar refractivity (Wildman–Crippen MR) is 130 cm³/mol. The van der Waals surface area contributed by atoms with Crippen molar-refractivity contribution in [1.82, 2.24) is 0 Å². The highest BCUT2D eigenvalue weighted by Crippen LogP contribution is 2.40. The molecule has 0 fully saturated rings. The van der Waals surface area contributed by atoms with Crippen LogP contribution in [0.25, 0.3) is 0 Å². The molecule has 0 unspecified atom stereocenters. The fraction of sp³-hybridized carbons (Fsp3) is 0.400. The van der Waals surface area contributed by atoms with Crippen molar-refractivity contribution in [3.63, 3.8) is 0 Å². The summed E-state index contributed by atoms with van der Waals surface area (Å²) in [7, 11) is -9.28. The van der Waals surface area contributed by atoms with E-state index >= 15 is 0 Å². The number of benzene rings is 2. The smallest absolute Gasteiger partial charge is 0.124 e. The molecule has 0 aliphatic heterocycles. The van der Waals surface area contributed by atoms with Gasteiger partial charge in [0.1, 0.15) is 20.2 Å². The molecule has 0 bridgehead atoms. The minimum Gasteiger partial charge on any atom is -0.744 e. The van der Waals surface area contributed by atoms with Gasteiger partial charge in [-0.25, -0.2) is 16.8 Å². The van der Waals surface area contributed by atoms with E-state index in [2.05, 4.69) is 53.3 Å². The van der Waals surface area contributed by atoms with Crippen molar-refractivity contribution in [3.8, 4) is 0 Å². The Morgan fingerprint density at radius 2 is 0.667 bits per heavy atom. The van der Waals surface area contributed by atoms with Crippen LogP contribution in [0.15, 0.2) is 70.5 Å². The van der Waals surface area contributed by atoms with Crippen LogP contribution in [0.2, 0.25) is 0 Å². The zero-order valence-electron chi connectivity index (χ0n) is 18.9. The zero-order valence-corrected chi connectivity index (χ0v) is 22.4. The van der Waals surface area contributed by atoms with Gasteiger partial charge in [-0.2, -0.15) is 0 Å². The zero-order chi connectivity index (χ0) is 24.2. The first-order valence-corrected chi connectivity index (χ1v) is 18.8. The molecule has 0 N–H and O–H groups in total. The number of hydrogen-bond donors (Lipinski definition) is 0. The first-order valence-electron chi connectivity index (χ1n) is 8.81. The van der Waals surface area contributed by atoms with Crippen molar-refractivity contribution >= 4 is 34.8 Å². The number of hydrogen-bond acceptors (Lipinski definition) is 6. The molecule has 0 saturated carbocycles. The van der Waals surface area contributed by atoms with Crippen molar-refractivity contribution in [2.24, 2.45) is 0 Å². The maximum absolute atomic E-state index is 10.3. The van der Waals surface area contributed by atoms with Crippen LogP contribution in [-0.2, 0) is 20.2 Å². The van der Waals surface area contributed by atoms with E-state index in [1.807, 2.05) is 0 Å². The fourth-order valence-corrected chi connectivity index (χ4v) is 2.16. The summed E-state index contributed by atoms with van der Waals surface area (Å²) in [5.74, 6) is 0.